The van der Waals surface area contributed by atoms with E-state index in [0.29, 0.717) is 5.57 Å². The van der Waals surface area contributed by atoms with Crippen molar-refractivity contribution in [3.05, 3.63) is 24.0 Å². The maximum atomic E-state index is 10.3. The van der Waals surface area contributed by atoms with Crippen LogP contribution in [0.2, 0.25) is 0 Å². The first-order valence-electron chi connectivity index (χ1n) is 2.74. The second-order valence-corrected chi connectivity index (χ2v) is 1.73. The van der Waals surface area contributed by atoms with E-state index in [1.165, 1.54) is 13.2 Å². The molecule has 0 rings (SSSR count). The van der Waals surface area contributed by atoms with E-state index >= 15 is 0 Å². The summed E-state index contributed by atoms with van der Waals surface area (Å²) < 4.78 is 4.57. The molecule has 3 heteroatoms. The average Bonchev–Trinajstić information content (AvgIpc) is 1.88. The maximum Gasteiger partial charge on any atom is 0.371 e. The minimum Gasteiger partial charge on any atom is -0.490 e. The van der Waals surface area contributed by atoms with Crippen LogP contribution in [0.4, 0.5) is 0 Å². The number of carboxylic acids is 1. The third-order valence-electron chi connectivity index (χ3n) is 1.06. The SMILES string of the molecule is C=CC(C)=C(OC)C(=O)O. The zero-order chi connectivity index (χ0) is 8.15. The van der Waals surface area contributed by atoms with Crippen LogP contribution < -0.4 is 0 Å². The molecule has 10 heavy (non-hydrogen) atoms. The van der Waals surface area contributed by atoms with Crippen LogP contribution in [0.1, 0.15) is 6.92 Å². The third kappa shape index (κ3) is 1.93. The lowest BCUT2D eigenvalue weighted by Crippen LogP contribution is -2.04. The number of carbonyl (C=O) groups is 1. The Kier molecular flexibility index (Phi) is 3.25. The van der Waals surface area contributed by atoms with Gasteiger partial charge in [0, 0.05) is 0 Å². The molecule has 0 saturated carbocycles. The molecule has 0 aliphatic rings. The summed E-state index contributed by atoms with van der Waals surface area (Å²) >= 11 is 0. The fourth-order valence-electron chi connectivity index (χ4n) is 0.510. The summed E-state index contributed by atoms with van der Waals surface area (Å²) in [6.07, 6.45) is 1.44. The molecule has 3 nitrogen and oxygen atoms in total. The lowest BCUT2D eigenvalue weighted by atomic mass is 10.2. The Balaban J connectivity index is 4.62. The molecule has 0 amide bonds. The summed E-state index contributed by atoms with van der Waals surface area (Å²) in [4.78, 5) is 10.3. The van der Waals surface area contributed by atoms with Crippen molar-refractivity contribution in [1.29, 1.82) is 0 Å². The van der Waals surface area contributed by atoms with Crippen LogP contribution in [0.15, 0.2) is 24.0 Å². The zero-order valence-corrected chi connectivity index (χ0v) is 6.05. The van der Waals surface area contributed by atoms with Crippen molar-refractivity contribution in [3.8, 4) is 0 Å². The summed E-state index contributed by atoms with van der Waals surface area (Å²) in [6, 6.07) is 0. The Morgan fingerprint density at radius 2 is 2.20 bits per heavy atom. The number of aliphatic carboxylic acids is 1. The van der Waals surface area contributed by atoms with Gasteiger partial charge in [-0.1, -0.05) is 12.7 Å². The second kappa shape index (κ2) is 3.71. The highest BCUT2D eigenvalue weighted by Crippen LogP contribution is 2.04. The van der Waals surface area contributed by atoms with Crippen molar-refractivity contribution < 1.29 is 14.6 Å². The topological polar surface area (TPSA) is 46.5 Å². The van der Waals surface area contributed by atoms with Gasteiger partial charge in [-0.15, -0.1) is 0 Å². The third-order valence-corrected chi connectivity index (χ3v) is 1.06. The van der Waals surface area contributed by atoms with E-state index in [-0.39, 0.29) is 5.76 Å². The molecule has 0 bridgehead atoms. The van der Waals surface area contributed by atoms with Crippen LogP contribution in [0, 0.1) is 0 Å². The molecule has 56 valence electrons. The molecule has 0 unspecified atom stereocenters. The fraction of sp³-hybridized carbons (Fsp3) is 0.286. The molecular formula is C7H10O3. The molecule has 1 N–H and O–H groups in total. The van der Waals surface area contributed by atoms with Gasteiger partial charge in [-0.2, -0.15) is 0 Å². The predicted octanol–water partition coefficient (Wildman–Crippen LogP) is 1.18. The number of rotatable bonds is 3. The Bertz CT molecular complexity index is 179. The number of hydrogen-bond acceptors (Lipinski definition) is 2. The van der Waals surface area contributed by atoms with Crippen molar-refractivity contribution in [2.24, 2.45) is 0 Å². The Morgan fingerprint density at radius 3 is 2.30 bits per heavy atom. The van der Waals surface area contributed by atoms with Crippen LogP contribution >= 0.6 is 0 Å². The van der Waals surface area contributed by atoms with Gasteiger partial charge in [0.25, 0.3) is 0 Å². The monoisotopic (exact) mass is 142 g/mol. The molecule has 0 radical (unpaired) electrons. The second-order valence-electron chi connectivity index (χ2n) is 1.73. The van der Waals surface area contributed by atoms with Crippen molar-refractivity contribution >= 4 is 5.97 Å². The zero-order valence-electron chi connectivity index (χ0n) is 6.05. The number of carboxylic acid groups (broad SMARTS) is 1. The Hall–Kier alpha value is -1.25. The summed E-state index contributed by atoms with van der Waals surface area (Å²) in [5.74, 6) is -1.13. The van der Waals surface area contributed by atoms with Crippen molar-refractivity contribution in [3.63, 3.8) is 0 Å². The predicted molar refractivity (Wildman–Crippen MR) is 37.5 cm³/mol. The van der Waals surface area contributed by atoms with E-state index in [2.05, 4.69) is 11.3 Å². The average molecular weight is 142 g/mol. The summed E-state index contributed by atoms with van der Waals surface area (Å²) in [6.45, 7) is 5.04. The van der Waals surface area contributed by atoms with Crippen molar-refractivity contribution in [1.82, 2.24) is 0 Å². The lowest BCUT2D eigenvalue weighted by molar-refractivity contribution is -0.136. The number of allylic oxidation sites excluding steroid dienone is 2. The standard InChI is InChI=1S/C7H10O3/c1-4-5(2)6(10-3)7(8)9/h4H,1H2,2-3H3,(H,8,9). The molecule has 0 aromatic rings. The number of hydrogen-bond donors (Lipinski definition) is 1. The van der Waals surface area contributed by atoms with E-state index in [9.17, 15) is 4.79 Å². The molecular weight excluding hydrogens is 132 g/mol. The highest BCUT2D eigenvalue weighted by molar-refractivity contribution is 5.85. The van der Waals surface area contributed by atoms with Gasteiger partial charge in [-0.25, -0.2) is 4.79 Å². The van der Waals surface area contributed by atoms with Crippen molar-refractivity contribution in [2.45, 2.75) is 6.92 Å². The van der Waals surface area contributed by atoms with E-state index in [1.807, 2.05) is 0 Å². The van der Waals surface area contributed by atoms with Crippen LogP contribution in [0.25, 0.3) is 0 Å². The molecule has 0 saturated heterocycles. The first-order chi connectivity index (χ1) is 4.63. The molecule has 0 fully saturated rings. The molecule has 0 aromatic heterocycles. The molecule has 0 atom stereocenters. The summed E-state index contributed by atoms with van der Waals surface area (Å²) in [5, 5.41) is 8.44. The van der Waals surface area contributed by atoms with Crippen LogP contribution in [0.3, 0.4) is 0 Å². The van der Waals surface area contributed by atoms with Gasteiger partial charge >= 0.3 is 5.97 Å². The van der Waals surface area contributed by atoms with E-state index in [1.54, 1.807) is 6.92 Å². The van der Waals surface area contributed by atoms with Gasteiger partial charge in [-0.05, 0) is 12.5 Å². The first-order valence-corrected chi connectivity index (χ1v) is 2.74. The van der Waals surface area contributed by atoms with Gasteiger partial charge in [0.2, 0.25) is 5.76 Å². The van der Waals surface area contributed by atoms with Gasteiger partial charge in [-0.3, -0.25) is 0 Å². The van der Waals surface area contributed by atoms with Gasteiger partial charge in [0.05, 0.1) is 7.11 Å². The Morgan fingerprint density at radius 1 is 1.70 bits per heavy atom. The summed E-state index contributed by atoms with van der Waals surface area (Å²) in [7, 11) is 1.32. The maximum absolute atomic E-state index is 10.3. The minimum absolute atomic E-state index is 0.0602. The number of methoxy groups -OCH3 is 1. The smallest absolute Gasteiger partial charge is 0.371 e. The van der Waals surface area contributed by atoms with Crippen LogP contribution in [0.5, 0.6) is 0 Å². The van der Waals surface area contributed by atoms with Gasteiger partial charge < -0.3 is 9.84 Å². The molecule has 0 heterocycles. The van der Waals surface area contributed by atoms with Crippen molar-refractivity contribution in [2.75, 3.05) is 7.11 Å². The highest BCUT2D eigenvalue weighted by Gasteiger charge is 2.08. The fourth-order valence-corrected chi connectivity index (χ4v) is 0.510. The van der Waals surface area contributed by atoms with E-state index < -0.39 is 5.97 Å². The van der Waals surface area contributed by atoms with Gasteiger partial charge in [0.15, 0.2) is 0 Å². The molecule has 0 aromatic carbocycles. The molecule has 0 spiro atoms. The van der Waals surface area contributed by atoms with Crippen LogP contribution in [-0.2, 0) is 9.53 Å². The number of ether oxygens (including phenoxy) is 1. The minimum atomic E-state index is -1.07. The summed E-state index contributed by atoms with van der Waals surface area (Å²) in [5.41, 5.74) is 0.523. The lowest BCUT2D eigenvalue weighted by Gasteiger charge is -2.01. The largest absolute Gasteiger partial charge is 0.490 e. The normalized spacial score (nSPS) is 11.8. The quantitative estimate of drug-likeness (QED) is 0.365. The Labute approximate surface area is 59.6 Å². The molecule has 0 aliphatic carbocycles. The van der Waals surface area contributed by atoms with Crippen LogP contribution in [-0.4, -0.2) is 18.2 Å². The van der Waals surface area contributed by atoms with E-state index in [0.717, 1.165) is 0 Å². The first kappa shape index (κ1) is 8.75. The highest BCUT2D eigenvalue weighted by atomic mass is 16.5. The molecule has 0 aliphatic heterocycles. The van der Waals surface area contributed by atoms with E-state index in [4.69, 9.17) is 5.11 Å². The van der Waals surface area contributed by atoms with Gasteiger partial charge in [0.1, 0.15) is 0 Å².